The number of nitrogens with zero attached hydrogens (tertiary/aromatic N) is 1. The Morgan fingerprint density at radius 2 is 1.89 bits per heavy atom. The summed E-state index contributed by atoms with van der Waals surface area (Å²) in [6, 6.07) is 0. The van der Waals surface area contributed by atoms with Crippen LogP contribution in [0.2, 0.25) is 0 Å². The van der Waals surface area contributed by atoms with Gasteiger partial charge in [-0.1, -0.05) is 19.8 Å². The van der Waals surface area contributed by atoms with Crippen molar-refractivity contribution in [1.82, 2.24) is 10.4 Å². The van der Waals surface area contributed by atoms with E-state index in [1.54, 1.807) is 0 Å². The lowest BCUT2D eigenvalue weighted by Gasteiger charge is -2.32. The number of hydrazine groups is 1. The number of carbonyl (C=O) groups is 1. The lowest BCUT2D eigenvalue weighted by molar-refractivity contribution is -0.161. The highest BCUT2D eigenvalue weighted by Crippen LogP contribution is 2.20. The van der Waals surface area contributed by atoms with Gasteiger partial charge < -0.3 is 4.74 Å². The molecule has 0 aromatic rings. The molecule has 0 unspecified atom stereocenters. The number of carbonyl (C=O) groups excluding carboxylic acids is 1. The summed E-state index contributed by atoms with van der Waals surface area (Å²) in [7, 11) is 0. The van der Waals surface area contributed by atoms with E-state index in [4.69, 9.17) is 4.74 Å². The number of unbranched alkanes of at least 4 members (excludes halogenated alkanes) is 2. The normalized spacial score (nSPS) is 18.5. The average Bonchev–Trinajstić information content (AvgIpc) is 2.33. The van der Waals surface area contributed by atoms with Gasteiger partial charge in [0.05, 0.1) is 5.92 Å². The molecule has 0 spiro atoms. The number of piperidine rings is 1. The molecule has 1 aliphatic rings. The van der Waals surface area contributed by atoms with Crippen LogP contribution in [0.4, 0.5) is 0 Å². The Morgan fingerprint density at radius 1 is 1.26 bits per heavy atom. The van der Waals surface area contributed by atoms with Gasteiger partial charge in [-0.05, 0) is 40.0 Å². The van der Waals surface area contributed by atoms with Crippen LogP contribution in [0, 0.1) is 5.92 Å². The molecule has 112 valence electrons. The van der Waals surface area contributed by atoms with Crippen molar-refractivity contribution >= 4 is 5.97 Å². The fourth-order valence-corrected chi connectivity index (χ4v) is 2.27. The van der Waals surface area contributed by atoms with E-state index >= 15 is 0 Å². The van der Waals surface area contributed by atoms with Crippen LogP contribution < -0.4 is 5.43 Å². The Bertz CT molecular complexity index is 266. The molecule has 1 aliphatic heterocycles. The fraction of sp³-hybridized carbons (Fsp3) is 0.933. The number of esters is 1. The summed E-state index contributed by atoms with van der Waals surface area (Å²) in [5.74, 6) is 0.0473. The van der Waals surface area contributed by atoms with Crippen molar-refractivity contribution in [3.05, 3.63) is 0 Å². The molecule has 0 saturated carbocycles. The zero-order valence-corrected chi connectivity index (χ0v) is 13.0. The number of hydrogen-bond acceptors (Lipinski definition) is 4. The lowest BCUT2D eigenvalue weighted by Crippen LogP contribution is -2.46. The Morgan fingerprint density at radius 3 is 2.42 bits per heavy atom. The van der Waals surface area contributed by atoms with Crippen molar-refractivity contribution in [3.63, 3.8) is 0 Å². The predicted molar refractivity (Wildman–Crippen MR) is 77.7 cm³/mol. The van der Waals surface area contributed by atoms with Gasteiger partial charge in [-0.25, -0.2) is 5.01 Å². The van der Waals surface area contributed by atoms with E-state index in [2.05, 4.69) is 17.4 Å². The van der Waals surface area contributed by atoms with E-state index in [1.807, 2.05) is 20.8 Å². The topological polar surface area (TPSA) is 41.6 Å². The van der Waals surface area contributed by atoms with Crippen molar-refractivity contribution in [3.8, 4) is 0 Å². The van der Waals surface area contributed by atoms with Gasteiger partial charge in [-0.3, -0.25) is 10.2 Å². The Kier molecular flexibility index (Phi) is 6.80. The van der Waals surface area contributed by atoms with Crippen molar-refractivity contribution < 1.29 is 9.53 Å². The molecular weight excluding hydrogens is 240 g/mol. The molecule has 0 radical (unpaired) electrons. The van der Waals surface area contributed by atoms with Gasteiger partial charge in [0.25, 0.3) is 0 Å². The summed E-state index contributed by atoms with van der Waals surface area (Å²) in [6.07, 6.45) is 5.55. The molecular formula is C15H30N2O2. The number of hydrogen-bond donors (Lipinski definition) is 1. The molecule has 0 aliphatic carbocycles. The summed E-state index contributed by atoms with van der Waals surface area (Å²) in [5.41, 5.74) is 3.08. The Labute approximate surface area is 117 Å². The van der Waals surface area contributed by atoms with Crippen LogP contribution in [0.15, 0.2) is 0 Å². The monoisotopic (exact) mass is 270 g/mol. The first-order valence-electron chi connectivity index (χ1n) is 7.63. The van der Waals surface area contributed by atoms with Gasteiger partial charge >= 0.3 is 5.97 Å². The molecule has 0 bridgehead atoms. The molecule has 1 saturated heterocycles. The van der Waals surface area contributed by atoms with E-state index in [0.717, 1.165) is 32.5 Å². The van der Waals surface area contributed by atoms with Gasteiger partial charge in [0.2, 0.25) is 0 Å². The first-order valence-corrected chi connectivity index (χ1v) is 7.63. The van der Waals surface area contributed by atoms with Crippen molar-refractivity contribution in [2.45, 2.75) is 65.4 Å². The standard InChI is InChI=1S/C15H30N2O2/c1-5-6-7-10-16-17-11-8-13(9-12-17)14(18)19-15(2,3)4/h13,16H,5-12H2,1-4H3. The molecule has 1 heterocycles. The lowest BCUT2D eigenvalue weighted by atomic mass is 9.97. The highest BCUT2D eigenvalue weighted by Gasteiger charge is 2.28. The molecule has 0 atom stereocenters. The minimum atomic E-state index is -0.368. The van der Waals surface area contributed by atoms with Crippen LogP contribution in [0.5, 0.6) is 0 Å². The van der Waals surface area contributed by atoms with Gasteiger partial charge in [0.15, 0.2) is 0 Å². The van der Waals surface area contributed by atoms with E-state index in [-0.39, 0.29) is 17.5 Å². The summed E-state index contributed by atoms with van der Waals surface area (Å²) < 4.78 is 5.45. The first-order chi connectivity index (χ1) is 8.92. The second kappa shape index (κ2) is 7.85. The third kappa shape index (κ3) is 6.92. The van der Waals surface area contributed by atoms with E-state index in [0.29, 0.717) is 0 Å². The van der Waals surface area contributed by atoms with Crippen LogP contribution in [-0.2, 0) is 9.53 Å². The minimum Gasteiger partial charge on any atom is -0.460 e. The van der Waals surface area contributed by atoms with Gasteiger partial charge in [0.1, 0.15) is 5.60 Å². The van der Waals surface area contributed by atoms with Crippen LogP contribution in [-0.4, -0.2) is 36.2 Å². The SMILES string of the molecule is CCCCCNN1CCC(C(=O)OC(C)(C)C)CC1. The Hall–Kier alpha value is -0.610. The largest absolute Gasteiger partial charge is 0.460 e. The van der Waals surface area contributed by atoms with Crippen molar-refractivity contribution in [2.75, 3.05) is 19.6 Å². The van der Waals surface area contributed by atoms with Gasteiger partial charge in [0, 0.05) is 19.6 Å². The second-order valence-electron chi connectivity index (χ2n) is 6.41. The molecule has 4 heteroatoms. The van der Waals surface area contributed by atoms with Crippen LogP contribution in [0.25, 0.3) is 0 Å². The van der Waals surface area contributed by atoms with E-state index in [9.17, 15) is 4.79 Å². The maximum Gasteiger partial charge on any atom is 0.309 e. The quantitative estimate of drug-likeness (QED) is 0.595. The highest BCUT2D eigenvalue weighted by molar-refractivity contribution is 5.73. The van der Waals surface area contributed by atoms with Crippen molar-refractivity contribution in [2.24, 2.45) is 5.92 Å². The summed E-state index contributed by atoms with van der Waals surface area (Å²) in [4.78, 5) is 12.0. The predicted octanol–water partition coefficient (Wildman–Crippen LogP) is 2.73. The Balaban J connectivity index is 2.19. The second-order valence-corrected chi connectivity index (χ2v) is 6.41. The van der Waals surface area contributed by atoms with Crippen LogP contribution >= 0.6 is 0 Å². The van der Waals surface area contributed by atoms with Gasteiger partial charge in [-0.15, -0.1) is 0 Å². The number of nitrogens with one attached hydrogen (secondary N) is 1. The number of ether oxygens (including phenoxy) is 1. The zero-order chi connectivity index (χ0) is 14.3. The van der Waals surface area contributed by atoms with Gasteiger partial charge in [-0.2, -0.15) is 0 Å². The molecule has 19 heavy (non-hydrogen) atoms. The highest BCUT2D eigenvalue weighted by atomic mass is 16.6. The molecule has 1 rings (SSSR count). The smallest absolute Gasteiger partial charge is 0.309 e. The third-order valence-electron chi connectivity index (χ3n) is 3.35. The minimum absolute atomic E-state index is 0.0295. The molecule has 1 fully saturated rings. The fourth-order valence-electron chi connectivity index (χ4n) is 2.27. The van der Waals surface area contributed by atoms with Crippen molar-refractivity contribution in [1.29, 1.82) is 0 Å². The molecule has 1 N–H and O–H groups in total. The average molecular weight is 270 g/mol. The number of rotatable bonds is 6. The zero-order valence-electron chi connectivity index (χ0n) is 13.0. The summed E-state index contributed by atoms with van der Waals surface area (Å²) >= 11 is 0. The molecule has 0 aromatic carbocycles. The first kappa shape index (κ1) is 16.4. The maximum atomic E-state index is 12.0. The third-order valence-corrected chi connectivity index (χ3v) is 3.35. The summed E-state index contributed by atoms with van der Waals surface area (Å²) in [6.45, 7) is 10.9. The maximum absolute atomic E-state index is 12.0. The molecule has 4 nitrogen and oxygen atoms in total. The molecule has 0 aromatic heterocycles. The van der Waals surface area contributed by atoms with Crippen LogP contribution in [0.1, 0.15) is 59.8 Å². The van der Waals surface area contributed by atoms with Crippen LogP contribution in [0.3, 0.4) is 0 Å². The molecule has 0 amide bonds. The summed E-state index contributed by atoms with van der Waals surface area (Å²) in [5, 5.41) is 2.25. The van der Waals surface area contributed by atoms with E-state index < -0.39 is 0 Å². The van der Waals surface area contributed by atoms with E-state index in [1.165, 1.54) is 19.3 Å².